The fourth-order valence-electron chi connectivity index (χ4n) is 3.98. The molecule has 1 aliphatic rings. The maximum absolute atomic E-state index is 2.66. The normalized spacial score (nSPS) is 14.7. The molecule has 0 aliphatic heterocycles. The van der Waals surface area contributed by atoms with E-state index in [2.05, 4.69) is 50.8 Å². The molecule has 0 N–H and O–H groups in total. The van der Waals surface area contributed by atoms with E-state index in [1.165, 1.54) is 70.1 Å². The highest BCUT2D eigenvalue weighted by molar-refractivity contribution is 5.60. The molecule has 1 aliphatic carbocycles. The maximum Gasteiger partial charge on any atom is 0.0401 e. The zero-order chi connectivity index (χ0) is 16.7. The molecule has 0 aromatic heterocycles. The first-order valence-electron chi connectivity index (χ1n) is 9.77. The molecule has 0 saturated carbocycles. The second-order valence-electron chi connectivity index (χ2n) is 6.80. The van der Waals surface area contributed by atoms with E-state index < -0.39 is 0 Å². The largest absolute Gasteiger partial charge is 0.371 e. The van der Waals surface area contributed by atoms with Crippen LogP contribution in [-0.4, -0.2) is 13.1 Å². The van der Waals surface area contributed by atoms with Gasteiger partial charge in [-0.05, 0) is 81.0 Å². The molecule has 2 rings (SSSR count). The topological polar surface area (TPSA) is 3.24 Å². The Morgan fingerprint density at radius 3 is 2.39 bits per heavy atom. The van der Waals surface area contributed by atoms with Crippen LogP contribution in [0.3, 0.4) is 0 Å². The number of hydrogen-bond acceptors (Lipinski definition) is 1. The van der Waals surface area contributed by atoms with Crippen molar-refractivity contribution in [3.8, 4) is 0 Å². The average molecular weight is 314 g/mol. The van der Waals surface area contributed by atoms with Gasteiger partial charge >= 0.3 is 0 Å². The van der Waals surface area contributed by atoms with Crippen LogP contribution in [0, 0.1) is 0 Å². The first-order valence-corrected chi connectivity index (χ1v) is 9.77. The zero-order valence-corrected chi connectivity index (χ0v) is 15.8. The van der Waals surface area contributed by atoms with Crippen molar-refractivity contribution in [2.24, 2.45) is 0 Å². The quantitative estimate of drug-likeness (QED) is 0.525. The van der Waals surface area contributed by atoms with Crippen LogP contribution in [0.15, 0.2) is 23.8 Å². The Balaban J connectivity index is 2.28. The Morgan fingerprint density at radius 1 is 1.04 bits per heavy atom. The molecular weight excluding hydrogens is 278 g/mol. The number of hydrogen-bond donors (Lipinski definition) is 0. The van der Waals surface area contributed by atoms with Gasteiger partial charge in [-0.15, -0.1) is 0 Å². The molecule has 0 atom stereocenters. The molecule has 1 aromatic rings. The van der Waals surface area contributed by atoms with Gasteiger partial charge < -0.3 is 4.90 Å². The Hall–Kier alpha value is -1.24. The second kappa shape index (κ2) is 9.15. The van der Waals surface area contributed by atoms with E-state index in [9.17, 15) is 0 Å². The van der Waals surface area contributed by atoms with Gasteiger partial charge in [0.1, 0.15) is 0 Å². The van der Waals surface area contributed by atoms with E-state index in [-0.39, 0.29) is 0 Å². The number of fused-ring (bicyclic) bond motifs is 1. The minimum absolute atomic E-state index is 1.17. The van der Waals surface area contributed by atoms with Gasteiger partial charge in [0.25, 0.3) is 0 Å². The summed E-state index contributed by atoms with van der Waals surface area (Å²) in [4.78, 5) is 2.66. The molecule has 0 heterocycles. The maximum atomic E-state index is 2.66. The van der Waals surface area contributed by atoms with Crippen LogP contribution in [0.5, 0.6) is 0 Å². The summed E-state index contributed by atoms with van der Waals surface area (Å²) in [7, 11) is 0. The average Bonchev–Trinajstić information content (AvgIpc) is 2.60. The van der Waals surface area contributed by atoms with Crippen molar-refractivity contribution in [3.63, 3.8) is 0 Å². The molecule has 0 radical (unpaired) electrons. The molecule has 0 bridgehead atoms. The van der Waals surface area contributed by atoms with Crippen LogP contribution in [0.25, 0.3) is 0 Å². The van der Waals surface area contributed by atoms with Crippen molar-refractivity contribution < 1.29 is 0 Å². The summed E-state index contributed by atoms with van der Waals surface area (Å²) in [6, 6.07) is 4.82. The van der Waals surface area contributed by atoms with E-state index in [4.69, 9.17) is 0 Å². The third-order valence-electron chi connectivity index (χ3n) is 5.39. The van der Waals surface area contributed by atoms with Crippen LogP contribution in [0.2, 0.25) is 0 Å². The minimum Gasteiger partial charge on any atom is -0.371 e. The lowest BCUT2D eigenvalue weighted by Gasteiger charge is -2.31. The Bertz CT molecular complexity index is 527. The fraction of sp³-hybridized carbons (Fsp3) is 0.636. The Labute approximate surface area is 143 Å². The lowest BCUT2D eigenvalue weighted by molar-refractivity contribution is 0.668. The Kier molecular flexibility index (Phi) is 7.20. The van der Waals surface area contributed by atoms with Crippen LogP contribution >= 0.6 is 0 Å². The van der Waals surface area contributed by atoms with Gasteiger partial charge in [0.2, 0.25) is 0 Å². The van der Waals surface area contributed by atoms with Gasteiger partial charge in [-0.3, -0.25) is 0 Å². The highest BCUT2D eigenvalue weighted by atomic mass is 15.1. The third-order valence-corrected chi connectivity index (χ3v) is 5.39. The van der Waals surface area contributed by atoms with E-state index in [1.54, 1.807) is 22.3 Å². The van der Waals surface area contributed by atoms with E-state index in [0.29, 0.717) is 0 Å². The molecule has 1 heteroatoms. The second-order valence-corrected chi connectivity index (χ2v) is 6.80. The lowest BCUT2D eigenvalue weighted by Crippen LogP contribution is -2.28. The number of rotatable bonds is 8. The molecule has 1 nitrogen and oxygen atoms in total. The first-order chi connectivity index (χ1) is 11.2. The molecule has 0 amide bonds. The predicted octanol–water partition coefficient (Wildman–Crippen LogP) is 6.09. The van der Waals surface area contributed by atoms with Crippen molar-refractivity contribution in [2.45, 2.75) is 79.1 Å². The number of aryl methyl sites for hydroxylation is 1. The summed E-state index contributed by atoms with van der Waals surface area (Å²) in [5.41, 5.74) is 8.06. The lowest BCUT2D eigenvalue weighted by atomic mass is 9.86. The predicted molar refractivity (Wildman–Crippen MR) is 104 cm³/mol. The van der Waals surface area contributed by atoms with Crippen molar-refractivity contribution in [1.29, 1.82) is 0 Å². The van der Waals surface area contributed by atoms with Crippen molar-refractivity contribution in [2.75, 3.05) is 18.0 Å². The van der Waals surface area contributed by atoms with Gasteiger partial charge in [-0.1, -0.05) is 38.5 Å². The number of benzene rings is 1. The fourth-order valence-corrected chi connectivity index (χ4v) is 3.98. The molecule has 1 aromatic carbocycles. The third kappa shape index (κ3) is 4.40. The monoisotopic (exact) mass is 313 g/mol. The summed E-state index contributed by atoms with van der Waals surface area (Å²) in [6.45, 7) is 11.4. The van der Waals surface area contributed by atoms with Gasteiger partial charge in [-0.2, -0.15) is 0 Å². The highest BCUT2D eigenvalue weighted by Crippen LogP contribution is 2.33. The molecule has 0 saturated heterocycles. The molecule has 0 spiro atoms. The SMILES string of the molecule is C/C=C(/CC)CCN(CCC)c1ccc(CC)c2c1CCCC2. The van der Waals surface area contributed by atoms with E-state index >= 15 is 0 Å². The molecule has 0 unspecified atom stereocenters. The summed E-state index contributed by atoms with van der Waals surface area (Å²) in [5.74, 6) is 0. The van der Waals surface area contributed by atoms with E-state index in [1.807, 2.05) is 0 Å². The summed E-state index contributed by atoms with van der Waals surface area (Å²) in [6.07, 6.45) is 12.4. The summed E-state index contributed by atoms with van der Waals surface area (Å²) < 4.78 is 0. The first kappa shape index (κ1) is 18.1. The molecule has 23 heavy (non-hydrogen) atoms. The standard InChI is InChI=1S/C22H35N/c1-5-16-23(17-15-18(6-2)7-3)22-14-13-19(8-4)20-11-9-10-12-21(20)22/h6,13-14H,5,7-12,15-17H2,1-4H3/b18-6-. The number of nitrogens with zero attached hydrogens (tertiary/aromatic N) is 1. The molecule has 128 valence electrons. The van der Waals surface area contributed by atoms with Crippen molar-refractivity contribution >= 4 is 5.69 Å². The van der Waals surface area contributed by atoms with Gasteiger partial charge in [0.15, 0.2) is 0 Å². The van der Waals surface area contributed by atoms with Gasteiger partial charge in [0.05, 0.1) is 0 Å². The van der Waals surface area contributed by atoms with Crippen LogP contribution in [-0.2, 0) is 19.3 Å². The van der Waals surface area contributed by atoms with Gasteiger partial charge in [-0.25, -0.2) is 0 Å². The number of anilines is 1. The van der Waals surface area contributed by atoms with E-state index in [0.717, 1.165) is 0 Å². The molecular formula is C22H35N. The highest BCUT2D eigenvalue weighted by Gasteiger charge is 2.19. The summed E-state index contributed by atoms with van der Waals surface area (Å²) in [5, 5.41) is 0. The van der Waals surface area contributed by atoms with Crippen molar-refractivity contribution in [3.05, 3.63) is 40.5 Å². The summed E-state index contributed by atoms with van der Waals surface area (Å²) >= 11 is 0. The molecule has 0 fully saturated rings. The minimum atomic E-state index is 1.17. The smallest absolute Gasteiger partial charge is 0.0401 e. The zero-order valence-electron chi connectivity index (χ0n) is 15.8. The number of allylic oxidation sites excluding steroid dienone is 1. The van der Waals surface area contributed by atoms with Crippen molar-refractivity contribution in [1.82, 2.24) is 0 Å². The van der Waals surface area contributed by atoms with Crippen LogP contribution in [0.1, 0.15) is 76.5 Å². The van der Waals surface area contributed by atoms with Crippen LogP contribution in [0.4, 0.5) is 5.69 Å². The Morgan fingerprint density at radius 2 is 1.78 bits per heavy atom. The van der Waals surface area contributed by atoms with Gasteiger partial charge in [0, 0.05) is 18.8 Å². The van der Waals surface area contributed by atoms with Crippen LogP contribution < -0.4 is 4.90 Å².